The topological polar surface area (TPSA) is 78.9 Å². The van der Waals surface area contributed by atoms with E-state index >= 15 is 0 Å². The number of carboxylic acid groups (broad SMARTS) is 1. The summed E-state index contributed by atoms with van der Waals surface area (Å²) in [7, 11) is 0. The monoisotopic (exact) mass is 376 g/mol. The van der Waals surface area contributed by atoms with E-state index in [-0.39, 0.29) is 19.2 Å². The first kappa shape index (κ1) is 16.3. The molecule has 116 valence electrons. The van der Waals surface area contributed by atoms with Gasteiger partial charge in [0, 0.05) is 21.3 Å². The fraction of sp³-hybridized carbons (Fsp3) is 0.538. The predicted octanol–water partition coefficient (Wildman–Crippen LogP) is 2.14. The van der Waals surface area contributed by atoms with Crippen LogP contribution in [0.3, 0.4) is 0 Å². The van der Waals surface area contributed by atoms with Crippen molar-refractivity contribution < 1.29 is 19.4 Å². The Hall–Kier alpha value is -1.12. The highest BCUT2D eigenvalue weighted by Crippen LogP contribution is 2.21. The Morgan fingerprint density at radius 2 is 2.33 bits per heavy atom. The molecule has 1 aromatic heterocycles. The van der Waals surface area contributed by atoms with E-state index < -0.39 is 17.9 Å². The van der Waals surface area contributed by atoms with Crippen LogP contribution in [0.5, 0.6) is 0 Å². The first-order chi connectivity index (χ1) is 10.0. The van der Waals surface area contributed by atoms with Gasteiger partial charge in [-0.25, -0.2) is 4.79 Å². The van der Waals surface area contributed by atoms with E-state index in [2.05, 4.69) is 21.2 Å². The number of urea groups is 1. The van der Waals surface area contributed by atoms with Crippen molar-refractivity contribution in [1.29, 1.82) is 0 Å². The summed E-state index contributed by atoms with van der Waals surface area (Å²) in [4.78, 5) is 26.0. The molecule has 2 rings (SSSR count). The van der Waals surface area contributed by atoms with Gasteiger partial charge in [-0.2, -0.15) is 0 Å². The van der Waals surface area contributed by atoms with E-state index in [1.807, 2.05) is 18.4 Å². The lowest BCUT2D eigenvalue weighted by Crippen LogP contribution is -2.50. The van der Waals surface area contributed by atoms with Gasteiger partial charge in [0.25, 0.3) is 0 Å². The molecule has 1 aliphatic heterocycles. The maximum Gasteiger partial charge on any atom is 0.318 e. The van der Waals surface area contributed by atoms with Crippen molar-refractivity contribution in [2.24, 2.45) is 5.92 Å². The molecular formula is C13H17BrN2O4S. The number of rotatable bonds is 5. The van der Waals surface area contributed by atoms with Crippen molar-refractivity contribution in [2.75, 3.05) is 19.8 Å². The van der Waals surface area contributed by atoms with E-state index in [1.165, 1.54) is 4.90 Å². The van der Waals surface area contributed by atoms with Gasteiger partial charge in [0.05, 0.1) is 25.8 Å². The van der Waals surface area contributed by atoms with E-state index in [4.69, 9.17) is 4.74 Å². The Kier molecular flexibility index (Phi) is 5.60. The van der Waals surface area contributed by atoms with Gasteiger partial charge >= 0.3 is 12.0 Å². The lowest BCUT2D eigenvalue weighted by molar-refractivity contribution is -0.142. The van der Waals surface area contributed by atoms with Crippen LogP contribution in [0.15, 0.2) is 15.9 Å². The van der Waals surface area contributed by atoms with Gasteiger partial charge in [0.2, 0.25) is 0 Å². The number of likely N-dealkylation sites (N-methyl/N-ethyl adjacent to an activating group) is 1. The van der Waals surface area contributed by atoms with Crippen molar-refractivity contribution in [2.45, 2.75) is 19.5 Å². The molecular weight excluding hydrogens is 360 g/mol. The van der Waals surface area contributed by atoms with Crippen LogP contribution >= 0.6 is 27.3 Å². The van der Waals surface area contributed by atoms with Gasteiger partial charge in [0.15, 0.2) is 0 Å². The molecule has 1 saturated heterocycles. The summed E-state index contributed by atoms with van der Waals surface area (Å²) in [6.07, 6.45) is 0. The second-order valence-electron chi connectivity index (χ2n) is 4.73. The van der Waals surface area contributed by atoms with Crippen molar-refractivity contribution in [3.8, 4) is 0 Å². The standard InChI is InChI=1S/C13H17BrN2O4S/c1-2-16(11-6-20-5-10(11)12(17)18)13(19)15-4-9-3-8(14)7-21-9/h3,7,10-11H,2,4-6H2,1H3,(H,15,19)(H,17,18). The van der Waals surface area contributed by atoms with Crippen LogP contribution in [0, 0.1) is 5.92 Å². The van der Waals surface area contributed by atoms with Gasteiger partial charge < -0.3 is 20.1 Å². The Balaban J connectivity index is 1.96. The first-order valence-electron chi connectivity index (χ1n) is 6.60. The average Bonchev–Trinajstić information content (AvgIpc) is 3.06. The number of nitrogens with one attached hydrogen (secondary N) is 1. The molecule has 1 aromatic rings. The summed E-state index contributed by atoms with van der Waals surface area (Å²) in [6, 6.07) is 1.27. The van der Waals surface area contributed by atoms with Crippen molar-refractivity contribution in [3.63, 3.8) is 0 Å². The van der Waals surface area contributed by atoms with Gasteiger partial charge in [0.1, 0.15) is 5.92 Å². The lowest BCUT2D eigenvalue weighted by Gasteiger charge is -2.29. The molecule has 0 saturated carbocycles. The van der Waals surface area contributed by atoms with Crippen LogP contribution in [-0.2, 0) is 16.1 Å². The molecule has 6 nitrogen and oxygen atoms in total. The zero-order chi connectivity index (χ0) is 15.4. The number of carbonyl (C=O) groups excluding carboxylic acids is 1. The van der Waals surface area contributed by atoms with Crippen LogP contribution < -0.4 is 5.32 Å². The number of hydrogen-bond acceptors (Lipinski definition) is 4. The van der Waals surface area contributed by atoms with Crippen molar-refractivity contribution in [1.82, 2.24) is 10.2 Å². The van der Waals surface area contributed by atoms with E-state index in [9.17, 15) is 14.7 Å². The summed E-state index contributed by atoms with van der Waals surface area (Å²) in [6.45, 7) is 3.12. The van der Waals surface area contributed by atoms with Crippen molar-refractivity contribution in [3.05, 3.63) is 20.8 Å². The van der Waals surface area contributed by atoms with Crippen LogP contribution in [0.4, 0.5) is 4.79 Å². The highest BCUT2D eigenvalue weighted by molar-refractivity contribution is 9.10. The quantitative estimate of drug-likeness (QED) is 0.824. The van der Waals surface area contributed by atoms with Crippen molar-refractivity contribution >= 4 is 39.3 Å². The van der Waals surface area contributed by atoms with Crippen LogP contribution in [0.1, 0.15) is 11.8 Å². The SMILES string of the molecule is CCN(C(=O)NCc1cc(Br)cs1)C1COCC1C(=O)O. The fourth-order valence-electron chi connectivity index (χ4n) is 2.33. The molecule has 2 N–H and O–H groups in total. The zero-order valence-electron chi connectivity index (χ0n) is 11.5. The minimum atomic E-state index is -0.925. The van der Waals surface area contributed by atoms with E-state index in [0.717, 1.165) is 9.35 Å². The molecule has 2 atom stereocenters. The Bertz CT molecular complexity index is 522. The molecule has 2 amide bonds. The molecule has 2 heterocycles. The molecule has 0 bridgehead atoms. The second kappa shape index (κ2) is 7.24. The minimum Gasteiger partial charge on any atom is -0.481 e. The van der Waals surface area contributed by atoms with Crippen LogP contribution in [0.2, 0.25) is 0 Å². The number of amides is 2. The maximum atomic E-state index is 12.3. The summed E-state index contributed by atoms with van der Waals surface area (Å²) < 4.78 is 6.21. The molecule has 21 heavy (non-hydrogen) atoms. The second-order valence-corrected chi connectivity index (χ2v) is 6.64. The molecule has 1 aliphatic rings. The Labute approximate surface area is 135 Å². The number of carboxylic acids is 1. The van der Waals surface area contributed by atoms with E-state index in [0.29, 0.717) is 13.1 Å². The van der Waals surface area contributed by atoms with E-state index in [1.54, 1.807) is 11.3 Å². The number of ether oxygens (including phenoxy) is 1. The summed E-state index contributed by atoms with van der Waals surface area (Å²) >= 11 is 4.91. The third kappa shape index (κ3) is 3.96. The number of thiophene rings is 1. The Morgan fingerprint density at radius 1 is 1.57 bits per heavy atom. The van der Waals surface area contributed by atoms with Gasteiger partial charge in [-0.05, 0) is 28.9 Å². The average molecular weight is 377 g/mol. The molecule has 0 aliphatic carbocycles. The minimum absolute atomic E-state index is 0.154. The number of aliphatic carboxylic acids is 1. The summed E-state index contributed by atoms with van der Waals surface area (Å²) in [5, 5.41) is 14.0. The highest BCUT2D eigenvalue weighted by Gasteiger charge is 2.39. The third-order valence-electron chi connectivity index (χ3n) is 3.41. The highest BCUT2D eigenvalue weighted by atomic mass is 79.9. The van der Waals surface area contributed by atoms with Crippen LogP contribution in [-0.4, -0.2) is 47.8 Å². The molecule has 2 unspecified atom stereocenters. The molecule has 0 aromatic carbocycles. The normalized spacial score (nSPS) is 21.2. The van der Waals surface area contributed by atoms with Crippen LogP contribution in [0.25, 0.3) is 0 Å². The molecule has 8 heteroatoms. The lowest BCUT2D eigenvalue weighted by atomic mass is 10.0. The van der Waals surface area contributed by atoms with Gasteiger partial charge in [-0.3, -0.25) is 4.79 Å². The fourth-order valence-corrected chi connectivity index (χ4v) is 3.72. The zero-order valence-corrected chi connectivity index (χ0v) is 13.9. The smallest absolute Gasteiger partial charge is 0.318 e. The molecule has 0 spiro atoms. The summed E-state index contributed by atoms with van der Waals surface area (Å²) in [5.74, 6) is -1.59. The van der Waals surface area contributed by atoms with Gasteiger partial charge in [-0.1, -0.05) is 0 Å². The first-order valence-corrected chi connectivity index (χ1v) is 8.28. The predicted molar refractivity (Wildman–Crippen MR) is 82.4 cm³/mol. The largest absolute Gasteiger partial charge is 0.481 e. The summed E-state index contributed by atoms with van der Waals surface area (Å²) in [5.41, 5.74) is 0. The maximum absolute atomic E-state index is 12.3. The number of hydrogen-bond donors (Lipinski definition) is 2. The molecule has 1 fully saturated rings. The third-order valence-corrected chi connectivity index (χ3v) is 5.10. The Morgan fingerprint density at radius 3 is 2.90 bits per heavy atom. The van der Waals surface area contributed by atoms with Gasteiger partial charge in [-0.15, -0.1) is 11.3 Å². The molecule has 0 radical (unpaired) electrons. The number of halogens is 1. The number of nitrogens with zero attached hydrogens (tertiary/aromatic N) is 1. The number of carbonyl (C=O) groups is 2.